The van der Waals surface area contributed by atoms with Crippen molar-refractivity contribution in [1.82, 2.24) is 0 Å². The summed E-state index contributed by atoms with van der Waals surface area (Å²) in [5, 5.41) is 0. The van der Waals surface area contributed by atoms with Crippen LogP contribution in [0.1, 0.15) is 40.0 Å². The Morgan fingerprint density at radius 2 is 1.86 bits per heavy atom. The molecule has 3 nitrogen and oxygen atoms in total. The summed E-state index contributed by atoms with van der Waals surface area (Å²) in [6, 6.07) is 0. The molecule has 2 atom stereocenters. The van der Waals surface area contributed by atoms with Crippen LogP contribution in [0.4, 0.5) is 0 Å². The highest BCUT2D eigenvalue weighted by Crippen LogP contribution is 2.21. The van der Waals surface area contributed by atoms with Crippen molar-refractivity contribution >= 4 is 11.8 Å². The molecule has 14 heavy (non-hydrogen) atoms. The van der Waals surface area contributed by atoms with Crippen molar-refractivity contribution in [2.24, 2.45) is 11.8 Å². The Morgan fingerprint density at radius 3 is 2.21 bits per heavy atom. The van der Waals surface area contributed by atoms with Gasteiger partial charge >= 0.3 is 5.97 Å². The number of carbonyl (C=O) groups is 2. The third-order valence-electron chi connectivity index (χ3n) is 2.61. The number of rotatable bonds is 6. The molecule has 0 rings (SSSR count). The van der Waals surface area contributed by atoms with Gasteiger partial charge in [-0.25, -0.2) is 0 Å². The van der Waals surface area contributed by atoms with Crippen LogP contribution in [0.15, 0.2) is 0 Å². The molecule has 3 heteroatoms. The largest absolute Gasteiger partial charge is 0.469 e. The lowest BCUT2D eigenvalue weighted by Gasteiger charge is -2.19. The van der Waals surface area contributed by atoms with Gasteiger partial charge in [-0.15, -0.1) is 0 Å². The second kappa shape index (κ2) is 6.57. The molecule has 0 unspecified atom stereocenters. The standard InChI is InChI=1S/C11H20O3/c1-5-9(10(12)6-2)8(3)7-11(13)14-4/h8-9H,5-7H2,1-4H3/t8-,9-/m0/s1. The van der Waals surface area contributed by atoms with Crippen molar-refractivity contribution < 1.29 is 14.3 Å². The molecule has 0 heterocycles. The van der Waals surface area contributed by atoms with Gasteiger partial charge in [-0.1, -0.05) is 20.8 Å². The fraction of sp³-hybridized carbons (Fsp3) is 0.818. The minimum atomic E-state index is -0.236. The zero-order valence-electron chi connectivity index (χ0n) is 9.50. The van der Waals surface area contributed by atoms with E-state index in [9.17, 15) is 9.59 Å². The van der Waals surface area contributed by atoms with Crippen LogP contribution in [0.5, 0.6) is 0 Å². The van der Waals surface area contributed by atoms with Gasteiger partial charge in [0, 0.05) is 18.8 Å². The molecule has 0 spiro atoms. The summed E-state index contributed by atoms with van der Waals surface area (Å²) in [6.45, 7) is 5.76. The fourth-order valence-electron chi connectivity index (χ4n) is 1.70. The van der Waals surface area contributed by atoms with E-state index in [0.717, 1.165) is 6.42 Å². The van der Waals surface area contributed by atoms with Gasteiger partial charge in [-0.3, -0.25) is 9.59 Å². The molecule has 0 bridgehead atoms. The van der Waals surface area contributed by atoms with Gasteiger partial charge in [0.2, 0.25) is 0 Å². The smallest absolute Gasteiger partial charge is 0.305 e. The summed E-state index contributed by atoms with van der Waals surface area (Å²) in [5.41, 5.74) is 0. The number of esters is 1. The zero-order valence-corrected chi connectivity index (χ0v) is 9.50. The number of Topliss-reactive ketones (excluding diaryl/α,β-unsaturated/α-hetero) is 1. The van der Waals surface area contributed by atoms with Crippen LogP contribution in [0.2, 0.25) is 0 Å². The molecule has 0 aliphatic rings. The molecule has 0 radical (unpaired) electrons. The van der Waals surface area contributed by atoms with Gasteiger partial charge in [0.15, 0.2) is 0 Å². The predicted octanol–water partition coefficient (Wildman–Crippen LogP) is 2.19. The summed E-state index contributed by atoms with van der Waals surface area (Å²) in [5.74, 6) is 0.0859. The number of ether oxygens (including phenoxy) is 1. The molecule has 0 aliphatic heterocycles. The molecular formula is C11H20O3. The average Bonchev–Trinajstić information content (AvgIpc) is 2.18. The first kappa shape index (κ1) is 13.1. The Labute approximate surface area is 85.8 Å². The molecule has 0 amide bonds. The van der Waals surface area contributed by atoms with Crippen LogP contribution in [-0.4, -0.2) is 18.9 Å². The van der Waals surface area contributed by atoms with Crippen molar-refractivity contribution in [2.75, 3.05) is 7.11 Å². The summed E-state index contributed by atoms with van der Waals surface area (Å²) >= 11 is 0. The molecule has 0 aromatic carbocycles. The van der Waals surface area contributed by atoms with E-state index >= 15 is 0 Å². The SMILES string of the molecule is CCC(=O)[C@@H](CC)[C@@H](C)CC(=O)OC. The van der Waals surface area contributed by atoms with Crippen molar-refractivity contribution in [3.05, 3.63) is 0 Å². The molecule has 0 saturated heterocycles. The number of hydrogen-bond donors (Lipinski definition) is 0. The van der Waals surface area contributed by atoms with Crippen LogP contribution in [0.25, 0.3) is 0 Å². The van der Waals surface area contributed by atoms with E-state index < -0.39 is 0 Å². The lowest BCUT2D eigenvalue weighted by atomic mass is 9.85. The fourth-order valence-corrected chi connectivity index (χ4v) is 1.70. The van der Waals surface area contributed by atoms with Crippen molar-refractivity contribution in [2.45, 2.75) is 40.0 Å². The van der Waals surface area contributed by atoms with Crippen molar-refractivity contribution in [3.8, 4) is 0 Å². The first-order valence-electron chi connectivity index (χ1n) is 5.16. The summed E-state index contributed by atoms with van der Waals surface area (Å²) in [6.07, 6.45) is 1.68. The third-order valence-corrected chi connectivity index (χ3v) is 2.61. The molecule has 0 aliphatic carbocycles. The molecule has 0 saturated carbocycles. The minimum absolute atomic E-state index is 0.000833. The Morgan fingerprint density at radius 1 is 1.29 bits per heavy atom. The number of hydrogen-bond acceptors (Lipinski definition) is 3. The summed E-state index contributed by atoms with van der Waals surface area (Å²) in [4.78, 5) is 22.5. The highest BCUT2D eigenvalue weighted by molar-refractivity contribution is 5.81. The number of carbonyl (C=O) groups excluding carboxylic acids is 2. The van der Waals surface area contributed by atoms with E-state index in [4.69, 9.17) is 0 Å². The normalized spacial score (nSPS) is 14.6. The average molecular weight is 200 g/mol. The molecule has 0 N–H and O–H groups in total. The second-order valence-electron chi connectivity index (χ2n) is 3.59. The molecule has 0 aromatic heterocycles. The van der Waals surface area contributed by atoms with Gasteiger partial charge in [0.1, 0.15) is 5.78 Å². The van der Waals surface area contributed by atoms with Gasteiger partial charge in [0.25, 0.3) is 0 Å². The van der Waals surface area contributed by atoms with E-state index in [1.807, 2.05) is 20.8 Å². The quantitative estimate of drug-likeness (QED) is 0.617. The van der Waals surface area contributed by atoms with Crippen molar-refractivity contribution in [3.63, 3.8) is 0 Å². The van der Waals surface area contributed by atoms with Gasteiger partial charge < -0.3 is 4.74 Å². The Hall–Kier alpha value is -0.860. The van der Waals surface area contributed by atoms with Crippen molar-refractivity contribution in [1.29, 1.82) is 0 Å². The van der Waals surface area contributed by atoms with Gasteiger partial charge in [-0.2, -0.15) is 0 Å². The van der Waals surface area contributed by atoms with Crippen LogP contribution < -0.4 is 0 Å². The van der Waals surface area contributed by atoms with E-state index in [-0.39, 0.29) is 23.6 Å². The van der Waals surface area contributed by atoms with Crippen LogP contribution in [0.3, 0.4) is 0 Å². The lowest BCUT2D eigenvalue weighted by Crippen LogP contribution is -2.23. The minimum Gasteiger partial charge on any atom is -0.469 e. The topological polar surface area (TPSA) is 43.4 Å². The maximum Gasteiger partial charge on any atom is 0.305 e. The van der Waals surface area contributed by atoms with Gasteiger partial charge in [0.05, 0.1) is 7.11 Å². The van der Waals surface area contributed by atoms with Crippen LogP contribution >= 0.6 is 0 Å². The monoisotopic (exact) mass is 200 g/mol. The highest BCUT2D eigenvalue weighted by Gasteiger charge is 2.23. The third kappa shape index (κ3) is 3.90. The Kier molecular flexibility index (Phi) is 6.17. The first-order valence-corrected chi connectivity index (χ1v) is 5.16. The lowest BCUT2D eigenvalue weighted by molar-refractivity contribution is -0.142. The maximum atomic E-state index is 11.5. The molecule has 0 fully saturated rings. The highest BCUT2D eigenvalue weighted by atomic mass is 16.5. The van der Waals surface area contributed by atoms with Gasteiger partial charge in [-0.05, 0) is 12.3 Å². The van der Waals surface area contributed by atoms with E-state index in [2.05, 4.69) is 4.74 Å². The molecule has 82 valence electrons. The Bertz CT molecular complexity index is 199. The predicted molar refractivity (Wildman–Crippen MR) is 54.9 cm³/mol. The molecular weight excluding hydrogens is 180 g/mol. The Balaban J connectivity index is 4.23. The van der Waals surface area contributed by atoms with Crippen LogP contribution in [0, 0.1) is 11.8 Å². The first-order chi connectivity index (χ1) is 6.56. The number of methoxy groups -OCH3 is 1. The molecule has 0 aromatic rings. The number of ketones is 1. The van der Waals surface area contributed by atoms with E-state index in [1.165, 1.54) is 7.11 Å². The van der Waals surface area contributed by atoms with E-state index in [1.54, 1.807) is 0 Å². The summed E-state index contributed by atoms with van der Waals surface area (Å²) < 4.78 is 4.58. The maximum absolute atomic E-state index is 11.5. The summed E-state index contributed by atoms with van der Waals surface area (Å²) in [7, 11) is 1.37. The second-order valence-corrected chi connectivity index (χ2v) is 3.59. The van der Waals surface area contributed by atoms with E-state index in [0.29, 0.717) is 12.8 Å². The van der Waals surface area contributed by atoms with Crippen LogP contribution in [-0.2, 0) is 14.3 Å². The zero-order chi connectivity index (χ0) is 11.1.